The molecule has 9 heteroatoms. The van der Waals surface area contributed by atoms with Crippen LogP contribution in [0.25, 0.3) is 21.2 Å². The van der Waals surface area contributed by atoms with Crippen molar-refractivity contribution in [3.63, 3.8) is 0 Å². The first-order valence-electron chi connectivity index (χ1n) is 18.7. The van der Waals surface area contributed by atoms with Gasteiger partial charge in [-0.05, 0) is 128 Å². The highest BCUT2D eigenvalue weighted by Crippen LogP contribution is 2.40. The molecule has 3 aliphatic heterocycles. The third-order valence-electron chi connectivity index (χ3n) is 11.6. The van der Waals surface area contributed by atoms with Gasteiger partial charge < -0.3 is 19.6 Å². The summed E-state index contributed by atoms with van der Waals surface area (Å²) in [6.07, 6.45) is 4.68. The Hall–Kier alpha value is -5.51. The van der Waals surface area contributed by atoms with Gasteiger partial charge in [0.25, 0.3) is 5.70 Å². The second kappa shape index (κ2) is 15.6. The predicted octanol–water partition coefficient (Wildman–Crippen LogP) is 8.17. The van der Waals surface area contributed by atoms with Gasteiger partial charge in [-0.3, -0.25) is 9.59 Å². The summed E-state index contributed by atoms with van der Waals surface area (Å²) in [4.78, 5) is 39.7. The van der Waals surface area contributed by atoms with Crippen LogP contribution in [0.3, 0.4) is 0 Å². The van der Waals surface area contributed by atoms with Gasteiger partial charge in [-0.1, -0.05) is 36.4 Å². The number of hydrogen-bond acceptors (Lipinski definition) is 6. The summed E-state index contributed by atoms with van der Waals surface area (Å²) in [6.45, 7) is 14.7. The van der Waals surface area contributed by atoms with E-state index >= 15 is 0 Å². The summed E-state index contributed by atoms with van der Waals surface area (Å²) in [5, 5.41) is 11.5. The molecule has 4 aromatic rings. The Morgan fingerprint density at radius 1 is 0.906 bits per heavy atom. The molecule has 53 heavy (non-hydrogen) atoms. The highest BCUT2D eigenvalue weighted by Gasteiger charge is 2.53. The fourth-order valence-corrected chi connectivity index (χ4v) is 8.41. The Morgan fingerprint density at radius 2 is 1.58 bits per heavy atom. The molecule has 0 aliphatic carbocycles. The maximum atomic E-state index is 14.4. The number of carbonyl (C=O) groups excluding carboxylic acids is 2. The number of fused-ring (bicyclic) bond motifs is 1. The second-order valence-electron chi connectivity index (χ2n) is 14.7. The van der Waals surface area contributed by atoms with E-state index in [-0.39, 0.29) is 23.2 Å². The molecule has 0 saturated carbocycles. The van der Waals surface area contributed by atoms with Crippen LogP contribution in [0.15, 0.2) is 96.7 Å². The molecule has 4 aromatic carbocycles. The van der Waals surface area contributed by atoms with Gasteiger partial charge in [0.2, 0.25) is 5.91 Å². The average Bonchev–Trinajstić information content (AvgIpc) is 3.45. The van der Waals surface area contributed by atoms with Gasteiger partial charge in [-0.2, -0.15) is 0 Å². The van der Waals surface area contributed by atoms with Crippen molar-refractivity contribution in [1.82, 2.24) is 9.80 Å². The van der Waals surface area contributed by atoms with E-state index in [1.807, 2.05) is 43.3 Å². The van der Waals surface area contributed by atoms with E-state index in [1.54, 1.807) is 12.1 Å². The Morgan fingerprint density at radius 3 is 2.28 bits per heavy atom. The highest BCUT2D eigenvalue weighted by atomic mass is 19.1. The van der Waals surface area contributed by atoms with Crippen LogP contribution in [-0.4, -0.2) is 73.0 Å². The van der Waals surface area contributed by atoms with Crippen LogP contribution in [0.1, 0.15) is 61.4 Å². The number of benzene rings is 4. The summed E-state index contributed by atoms with van der Waals surface area (Å²) in [7, 11) is 0. The number of hydrogen-bond donors (Lipinski definition) is 0. The lowest BCUT2D eigenvalue weighted by atomic mass is 9.85. The lowest BCUT2D eigenvalue weighted by molar-refractivity contribution is -0.134. The number of para-hydroxylation sites is 1. The maximum absolute atomic E-state index is 14.4. The van der Waals surface area contributed by atoms with E-state index < -0.39 is 5.54 Å². The van der Waals surface area contributed by atoms with Gasteiger partial charge in [0.1, 0.15) is 11.4 Å². The summed E-state index contributed by atoms with van der Waals surface area (Å²) in [6, 6.07) is 30.7. The van der Waals surface area contributed by atoms with Gasteiger partial charge >= 0.3 is 0 Å². The fraction of sp³-hybridized carbons (Fsp3) is 0.364. The molecule has 7 rings (SSSR count). The zero-order valence-electron chi connectivity index (χ0n) is 30.3. The number of piperidine rings is 2. The number of nitrogens with zero attached hydrogens (tertiary/aromatic N) is 6. The minimum atomic E-state index is -0.562. The monoisotopic (exact) mass is 708 g/mol. The molecule has 0 atom stereocenters. The van der Waals surface area contributed by atoms with E-state index in [4.69, 9.17) is 6.57 Å². The normalized spacial score (nSPS) is 18.3. The first kappa shape index (κ1) is 35.9. The van der Waals surface area contributed by atoms with Crippen LogP contribution >= 0.6 is 0 Å². The summed E-state index contributed by atoms with van der Waals surface area (Å²) < 4.78 is 13.3. The van der Waals surface area contributed by atoms with Crippen LogP contribution in [-0.2, 0) is 4.79 Å². The van der Waals surface area contributed by atoms with Crippen molar-refractivity contribution < 1.29 is 14.0 Å². The van der Waals surface area contributed by atoms with Crippen molar-refractivity contribution in [3.05, 3.63) is 125 Å². The number of ketones is 1. The Bertz CT molecular complexity index is 2070. The first-order valence-corrected chi connectivity index (χ1v) is 18.7. The van der Waals surface area contributed by atoms with Crippen LogP contribution in [0.2, 0.25) is 0 Å². The van der Waals surface area contributed by atoms with Crippen LogP contribution < -0.4 is 9.80 Å². The topological polar surface area (TPSA) is 75.2 Å². The van der Waals surface area contributed by atoms with E-state index in [2.05, 4.69) is 60.8 Å². The molecule has 3 fully saturated rings. The van der Waals surface area contributed by atoms with E-state index in [9.17, 15) is 19.2 Å². The van der Waals surface area contributed by atoms with Crippen molar-refractivity contribution in [3.8, 4) is 6.07 Å². The maximum Gasteiger partial charge on any atom is 0.265 e. The number of amides is 1. The van der Waals surface area contributed by atoms with Gasteiger partial charge in [0, 0.05) is 56.1 Å². The third-order valence-corrected chi connectivity index (χ3v) is 11.6. The Labute approximate surface area is 311 Å². The summed E-state index contributed by atoms with van der Waals surface area (Å²) in [5.41, 5.74) is 3.97. The number of likely N-dealkylation sites (tertiary alicyclic amines) is 1. The molecule has 3 saturated heterocycles. The van der Waals surface area contributed by atoms with Gasteiger partial charge in [0.15, 0.2) is 5.78 Å². The van der Waals surface area contributed by atoms with Crippen molar-refractivity contribution in [2.24, 2.45) is 5.92 Å². The zero-order chi connectivity index (χ0) is 37.0. The SMILES string of the molecule is [C-]#[N+]/C(C#N)=C(/C)c1ccc2cc(N3CCC(CN4CN(c5ccccc5)C5(CCN(CCCC(=O)c6ccc(F)cc6)CC5)C4=O)CC3)ccc2c1. The number of carbonyl (C=O) groups is 2. The largest absolute Gasteiger partial charge is 0.371 e. The lowest BCUT2D eigenvalue weighted by Gasteiger charge is -2.43. The minimum absolute atomic E-state index is 0.0336. The van der Waals surface area contributed by atoms with E-state index in [0.29, 0.717) is 30.1 Å². The van der Waals surface area contributed by atoms with E-state index in [0.717, 1.165) is 93.4 Å². The molecule has 8 nitrogen and oxygen atoms in total. The number of anilines is 2. The smallest absolute Gasteiger partial charge is 0.265 e. The number of halogens is 1. The standard InChI is InChI=1S/C44H45FN6O2/c1-32(41(29-46)47-2)35-10-11-37-28-40(17-14-36(37)27-35)49-23-18-33(19-24-49)30-50-31-51(39-7-4-3-5-8-39)44(43(50)53)20-25-48(26-21-44)22-6-9-42(52)34-12-15-38(45)16-13-34/h3-5,7-8,10-17,27-28,33H,6,9,18-26,30-31H2,1H3/b41-32-. The second-order valence-corrected chi connectivity index (χ2v) is 14.7. The minimum Gasteiger partial charge on any atom is -0.371 e. The fourth-order valence-electron chi connectivity index (χ4n) is 8.41. The molecule has 0 N–H and O–H groups in total. The molecule has 0 bridgehead atoms. The summed E-state index contributed by atoms with van der Waals surface area (Å²) >= 11 is 0. The zero-order valence-corrected chi connectivity index (χ0v) is 30.3. The van der Waals surface area contributed by atoms with Gasteiger partial charge in [-0.15, -0.1) is 0 Å². The van der Waals surface area contributed by atoms with Crippen LogP contribution in [0.5, 0.6) is 0 Å². The molecule has 0 unspecified atom stereocenters. The average molecular weight is 709 g/mol. The quantitative estimate of drug-likeness (QED) is 0.0941. The van der Waals surface area contributed by atoms with Crippen molar-refractivity contribution in [2.75, 3.05) is 55.7 Å². The van der Waals surface area contributed by atoms with Crippen molar-refractivity contribution in [1.29, 1.82) is 5.26 Å². The van der Waals surface area contributed by atoms with Gasteiger partial charge in [-0.25, -0.2) is 14.5 Å². The van der Waals surface area contributed by atoms with Crippen LogP contribution in [0.4, 0.5) is 15.8 Å². The van der Waals surface area contributed by atoms with Crippen LogP contribution in [0, 0.1) is 29.6 Å². The van der Waals surface area contributed by atoms with Crippen molar-refractivity contribution in [2.45, 2.75) is 51.0 Å². The van der Waals surface area contributed by atoms with Crippen molar-refractivity contribution >= 4 is 39.4 Å². The Balaban J connectivity index is 0.959. The molecule has 270 valence electrons. The third kappa shape index (κ3) is 7.54. The molecule has 3 heterocycles. The first-order chi connectivity index (χ1) is 25.8. The molecule has 1 amide bonds. The number of rotatable bonds is 10. The molecule has 0 aromatic heterocycles. The molecular weight excluding hydrogens is 664 g/mol. The lowest BCUT2D eigenvalue weighted by Crippen LogP contribution is -2.56. The number of allylic oxidation sites excluding steroid dienone is 2. The highest BCUT2D eigenvalue weighted by molar-refractivity contribution is 5.96. The predicted molar refractivity (Wildman–Crippen MR) is 208 cm³/mol. The molecule has 0 radical (unpaired) electrons. The molecular formula is C44H45FN6O2. The summed E-state index contributed by atoms with van der Waals surface area (Å²) in [5.74, 6) is 0.364. The van der Waals surface area contributed by atoms with Gasteiger partial charge in [0.05, 0.1) is 19.3 Å². The molecule has 3 aliphatic rings. The molecule has 1 spiro atoms. The number of nitriles is 1. The number of Topliss-reactive ketones (excluding diaryl/α,β-unsaturated/α-hetero) is 1. The van der Waals surface area contributed by atoms with E-state index in [1.165, 1.54) is 17.8 Å². The Kier molecular flexibility index (Phi) is 10.6.